The van der Waals surface area contributed by atoms with Crippen molar-refractivity contribution < 1.29 is 23.8 Å². The van der Waals surface area contributed by atoms with Crippen LogP contribution in [0.5, 0.6) is 5.75 Å². The van der Waals surface area contributed by atoms with Gasteiger partial charge in [-0.15, -0.1) is 0 Å². The van der Waals surface area contributed by atoms with Crippen molar-refractivity contribution >= 4 is 11.7 Å². The largest absolute Gasteiger partial charge is 0.484 e. The molecular formula is C18H23NO5. The molecule has 6 nitrogen and oxygen atoms in total. The Morgan fingerprint density at radius 1 is 1.25 bits per heavy atom. The highest BCUT2D eigenvalue weighted by Crippen LogP contribution is 2.24. The zero-order valence-corrected chi connectivity index (χ0v) is 13.9. The van der Waals surface area contributed by atoms with Crippen molar-refractivity contribution in [3.05, 3.63) is 29.8 Å². The lowest BCUT2D eigenvalue weighted by Gasteiger charge is -2.37. The molecule has 6 heteroatoms. The number of ketones is 1. The van der Waals surface area contributed by atoms with Gasteiger partial charge in [0.2, 0.25) is 0 Å². The molecule has 2 fully saturated rings. The van der Waals surface area contributed by atoms with Crippen molar-refractivity contribution in [2.45, 2.75) is 38.5 Å². The molecule has 1 aromatic carbocycles. The lowest BCUT2D eigenvalue weighted by Crippen LogP contribution is -2.51. The summed E-state index contributed by atoms with van der Waals surface area (Å²) < 4.78 is 16.8. The number of hydrogen-bond donors (Lipinski definition) is 0. The van der Waals surface area contributed by atoms with E-state index in [2.05, 4.69) is 0 Å². The average molecular weight is 333 g/mol. The van der Waals surface area contributed by atoms with Crippen molar-refractivity contribution in [1.29, 1.82) is 0 Å². The Morgan fingerprint density at radius 3 is 2.79 bits per heavy atom. The molecule has 0 aromatic heterocycles. The molecule has 2 heterocycles. The molecule has 130 valence electrons. The number of carbonyl (C=O) groups excluding carboxylic acids is 2. The first-order chi connectivity index (χ1) is 11.6. The van der Waals surface area contributed by atoms with E-state index >= 15 is 0 Å². The van der Waals surface area contributed by atoms with E-state index in [1.165, 1.54) is 6.92 Å². The lowest BCUT2D eigenvalue weighted by atomic mass is 10.0. The predicted molar refractivity (Wildman–Crippen MR) is 87.0 cm³/mol. The molecule has 0 radical (unpaired) electrons. The highest BCUT2D eigenvalue weighted by atomic mass is 16.7. The molecule has 3 rings (SSSR count). The van der Waals surface area contributed by atoms with Crippen LogP contribution in [0, 0.1) is 0 Å². The zero-order chi connectivity index (χ0) is 16.9. The average Bonchev–Trinajstić information content (AvgIpc) is 3.14. The Labute approximate surface area is 141 Å². The van der Waals surface area contributed by atoms with Crippen molar-refractivity contribution in [3.8, 4) is 5.75 Å². The summed E-state index contributed by atoms with van der Waals surface area (Å²) in [6.45, 7) is 3.31. The van der Waals surface area contributed by atoms with Gasteiger partial charge in [-0.05, 0) is 38.3 Å². The monoisotopic (exact) mass is 333 g/mol. The topological polar surface area (TPSA) is 65.1 Å². The van der Waals surface area contributed by atoms with E-state index < -0.39 is 0 Å². The third-order valence-corrected chi connectivity index (χ3v) is 4.43. The first-order valence-corrected chi connectivity index (χ1v) is 8.41. The highest BCUT2D eigenvalue weighted by molar-refractivity contribution is 5.94. The number of benzene rings is 1. The van der Waals surface area contributed by atoms with E-state index in [-0.39, 0.29) is 30.6 Å². The van der Waals surface area contributed by atoms with E-state index in [4.69, 9.17) is 14.2 Å². The van der Waals surface area contributed by atoms with Crippen LogP contribution in [0.2, 0.25) is 0 Å². The minimum Gasteiger partial charge on any atom is -0.484 e. The summed E-state index contributed by atoms with van der Waals surface area (Å²) >= 11 is 0. The molecule has 1 unspecified atom stereocenters. The predicted octanol–water partition coefficient (Wildman–Crippen LogP) is 2.02. The maximum atomic E-state index is 12.6. The quantitative estimate of drug-likeness (QED) is 0.772. The van der Waals surface area contributed by atoms with Crippen LogP contribution in [0.1, 0.15) is 36.5 Å². The maximum Gasteiger partial charge on any atom is 0.260 e. The van der Waals surface area contributed by atoms with E-state index in [0.29, 0.717) is 31.1 Å². The van der Waals surface area contributed by atoms with Gasteiger partial charge in [0, 0.05) is 12.1 Å². The van der Waals surface area contributed by atoms with Crippen LogP contribution in [-0.2, 0) is 14.3 Å². The summed E-state index contributed by atoms with van der Waals surface area (Å²) in [6.07, 6.45) is 2.61. The Balaban J connectivity index is 1.60. The fourth-order valence-corrected chi connectivity index (χ4v) is 3.18. The number of ether oxygens (including phenoxy) is 3. The second-order valence-corrected chi connectivity index (χ2v) is 6.13. The summed E-state index contributed by atoms with van der Waals surface area (Å²) in [6, 6.07) is 6.84. The fourth-order valence-electron chi connectivity index (χ4n) is 3.18. The van der Waals surface area contributed by atoms with Gasteiger partial charge in [0.05, 0.1) is 19.3 Å². The van der Waals surface area contributed by atoms with Crippen LogP contribution < -0.4 is 4.74 Å². The highest BCUT2D eigenvalue weighted by Gasteiger charge is 2.36. The standard InChI is InChI=1S/C18H23NO5/c1-13(20)14-5-4-6-15(11-14)24-12-17(21)19-8-3-2-7-16(19)18-22-9-10-23-18/h4-6,11,16,18H,2-3,7-10,12H2,1H3. The van der Waals surface area contributed by atoms with Crippen molar-refractivity contribution in [2.75, 3.05) is 26.4 Å². The Kier molecular flexibility index (Phi) is 5.48. The van der Waals surface area contributed by atoms with Gasteiger partial charge in [-0.1, -0.05) is 12.1 Å². The number of piperidine rings is 1. The van der Waals surface area contributed by atoms with Gasteiger partial charge in [-0.25, -0.2) is 0 Å². The molecule has 0 aliphatic carbocycles. The van der Waals surface area contributed by atoms with Gasteiger partial charge >= 0.3 is 0 Å². The summed E-state index contributed by atoms with van der Waals surface area (Å²) in [5, 5.41) is 0. The van der Waals surface area contributed by atoms with Crippen LogP contribution in [0.25, 0.3) is 0 Å². The van der Waals surface area contributed by atoms with Crippen LogP contribution in [0.15, 0.2) is 24.3 Å². The van der Waals surface area contributed by atoms with Gasteiger partial charge < -0.3 is 19.1 Å². The molecule has 2 aliphatic rings. The molecule has 0 bridgehead atoms. The first kappa shape index (κ1) is 16.9. The summed E-state index contributed by atoms with van der Waals surface area (Å²) in [5.74, 6) is 0.420. The summed E-state index contributed by atoms with van der Waals surface area (Å²) in [5.41, 5.74) is 0.573. The number of amides is 1. The van der Waals surface area contributed by atoms with Crippen LogP contribution >= 0.6 is 0 Å². The Bertz CT molecular complexity index is 597. The zero-order valence-electron chi connectivity index (χ0n) is 13.9. The summed E-state index contributed by atoms with van der Waals surface area (Å²) in [4.78, 5) is 25.8. The normalized spacial score (nSPS) is 21.7. The number of Topliss-reactive ketones (excluding diaryl/α,β-unsaturated/α-hetero) is 1. The Morgan fingerprint density at radius 2 is 2.04 bits per heavy atom. The van der Waals surface area contributed by atoms with E-state index in [9.17, 15) is 9.59 Å². The number of hydrogen-bond acceptors (Lipinski definition) is 5. The number of carbonyl (C=O) groups is 2. The van der Waals surface area contributed by atoms with Crippen LogP contribution in [0.4, 0.5) is 0 Å². The van der Waals surface area contributed by atoms with Crippen LogP contribution in [-0.4, -0.2) is 55.3 Å². The van der Waals surface area contributed by atoms with Gasteiger partial charge in [-0.2, -0.15) is 0 Å². The molecule has 2 saturated heterocycles. The van der Waals surface area contributed by atoms with Crippen molar-refractivity contribution in [1.82, 2.24) is 4.90 Å². The molecule has 0 spiro atoms. The van der Waals surface area contributed by atoms with Crippen LogP contribution in [0.3, 0.4) is 0 Å². The third kappa shape index (κ3) is 3.94. The fraction of sp³-hybridized carbons (Fsp3) is 0.556. The van der Waals surface area contributed by atoms with Gasteiger partial charge in [0.15, 0.2) is 18.7 Å². The second-order valence-electron chi connectivity index (χ2n) is 6.13. The smallest absolute Gasteiger partial charge is 0.260 e. The maximum absolute atomic E-state index is 12.6. The van der Waals surface area contributed by atoms with Gasteiger partial charge in [0.25, 0.3) is 5.91 Å². The molecule has 0 N–H and O–H groups in total. The molecule has 1 aromatic rings. The van der Waals surface area contributed by atoms with Gasteiger partial charge in [0.1, 0.15) is 5.75 Å². The minimum atomic E-state index is -0.324. The Hall–Kier alpha value is -1.92. The molecular weight excluding hydrogens is 310 g/mol. The molecule has 1 atom stereocenters. The molecule has 2 aliphatic heterocycles. The third-order valence-electron chi connectivity index (χ3n) is 4.43. The molecule has 24 heavy (non-hydrogen) atoms. The van der Waals surface area contributed by atoms with Gasteiger partial charge in [-0.3, -0.25) is 9.59 Å². The van der Waals surface area contributed by atoms with Crippen molar-refractivity contribution in [2.24, 2.45) is 0 Å². The number of likely N-dealkylation sites (tertiary alicyclic amines) is 1. The van der Waals surface area contributed by atoms with E-state index in [1.807, 2.05) is 4.90 Å². The minimum absolute atomic E-state index is 0.0293. The van der Waals surface area contributed by atoms with E-state index in [1.54, 1.807) is 24.3 Å². The molecule has 1 amide bonds. The second kappa shape index (κ2) is 7.77. The van der Waals surface area contributed by atoms with E-state index in [0.717, 1.165) is 19.3 Å². The molecule has 0 saturated carbocycles. The van der Waals surface area contributed by atoms with Crippen molar-refractivity contribution in [3.63, 3.8) is 0 Å². The number of rotatable bonds is 5. The number of nitrogens with zero attached hydrogens (tertiary/aromatic N) is 1. The lowest BCUT2D eigenvalue weighted by molar-refractivity contribution is -0.152. The SMILES string of the molecule is CC(=O)c1cccc(OCC(=O)N2CCCCC2C2OCCO2)c1. The first-order valence-electron chi connectivity index (χ1n) is 8.41. The summed E-state index contributed by atoms with van der Waals surface area (Å²) in [7, 11) is 0.